The number of benzene rings is 1. The fourth-order valence-electron chi connectivity index (χ4n) is 3.60. The molecule has 0 saturated carbocycles. The van der Waals surface area contributed by atoms with Crippen LogP contribution in [0.15, 0.2) is 24.3 Å². The fourth-order valence-corrected chi connectivity index (χ4v) is 3.60. The summed E-state index contributed by atoms with van der Waals surface area (Å²) in [6.07, 6.45) is 2.45. The Bertz CT molecular complexity index is 587. The van der Waals surface area contributed by atoms with E-state index in [-0.39, 0.29) is 24.3 Å². The maximum Gasteiger partial charge on any atom is 0.246 e. The molecule has 2 atom stereocenters. The number of hydrogen-bond donors (Lipinski definition) is 1. The molecule has 1 saturated heterocycles. The molecular weight excluding hydrogens is 280 g/mol. The molecule has 5 heteroatoms. The third-order valence-electron chi connectivity index (χ3n) is 4.69. The Morgan fingerprint density at radius 2 is 2.09 bits per heavy atom. The number of para-hydroxylation sites is 1. The molecule has 118 valence electrons. The van der Waals surface area contributed by atoms with Crippen LogP contribution in [0.25, 0.3) is 0 Å². The van der Waals surface area contributed by atoms with Crippen molar-refractivity contribution < 1.29 is 14.7 Å². The summed E-state index contributed by atoms with van der Waals surface area (Å²) >= 11 is 0. The van der Waals surface area contributed by atoms with Crippen molar-refractivity contribution in [2.45, 2.75) is 32.2 Å². The fraction of sp³-hybridized carbons (Fsp3) is 0.529. The Morgan fingerprint density at radius 1 is 1.32 bits per heavy atom. The summed E-state index contributed by atoms with van der Waals surface area (Å²) < 4.78 is 0. The summed E-state index contributed by atoms with van der Waals surface area (Å²) in [5.41, 5.74) is 1.90. The highest BCUT2D eigenvalue weighted by molar-refractivity contribution is 6.02. The Labute approximate surface area is 130 Å². The van der Waals surface area contributed by atoms with E-state index < -0.39 is 6.04 Å². The van der Waals surface area contributed by atoms with Crippen LogP contribution in [0.2, 0.25) is 0 Å². The van der Waals surface area contributed by atoms with Crippen LogP contribution < -0.4 is 4.90 Å². The van der Waals surface area contributed by atoms with Crippen molar-refractivity contribution in [2.75, 3.05) is 24.6 Å². The van der Waals surface area contributed by atoms with Crippen molar-refractivity contribution in [2.24, 2.45) is 5.92 Å². The SMILES string of the molecule is CC(=O)N1c2ccccc2C[C@H]1C(=O)N1CCCC(CO)C1. The number of piperidine rings is 1. The van der Waals surface area contributed by atoms with Crippen LogP contribution in [0.1, 0.15) is 25.3 Å². The number of hydrogen-bond acceptors (Lipinski definition) is 3. The van der Waals surface area contributed by atoms with E-state index in [0.717, 1.165) is 24.1 Å². The van der Waals surface area contributed by atoms with Gasteiger partial charge < -0.3 is 10.0 Å². The third kappa shape index (κ3) is 2.61. The second-order valence-corrected chi connectivity index (χ2v) is 6.21. The molecule has 1 fully saturated rings. The van der Waals surface area contributed by atoms with Crippen molar-refractivity contribution in [3.63, 3.8) is 0 Å². The molecule has 0 bridgehead atoms. The zero-order valence-electron chi connectivity index (χ0n) is 12.9. The molecule has 1 aromatic carbocycles. The lowest BCUT2D eigenvalue weighted by molar-refractivity contribution is -0.136. The van der Waals surface area contributed by atoms with Gasteiger partial charge in [0, 0.05) is 38.7 Å². The van der Waals surface area contributed by atoms with E-state index in [4.69, 9.17) is 0 Å². The van der Waals surface area contributed by atoms with Gasteiger partial charge in [-0.1, -0.05) is 18.2 Å². The average molecular weight is 302 g/mol. The van der Waals surface area contributed by atoms with Gasteiger partial charge in [0.15, 0.2) is 0 Å². The summed E-state index contributed by atoms with van der Waals surface area (Å²) in [6.45, 7) is 2.93. The Morgan fingerprint density at radius 3 is 2.82 bits per heavy atom. The van der Waals surface area contributed by atoms with E-state index in [9.17, 15) is 14.7 Å². The van der Waals surface area contributed by atoms with E-state index in [2.05, 4.69) is 0 Å². The van der Waals surface area contributed by atoms with Gasteiger partial charge in [-0.3, -0.25) is 14.5 Å². The minimum absolute atomic E-state index is 0.00421. The van der Waals surface area contributed by atoms with Gasteiger partial charge >= 0.3 is 0 Å². The highest BCUT2D eigenvalue weighted by Gasteiger charge is 2.39. The van der Waals surface area contributed by atoms with Gasteiger partial charge in [-0.2, -0.15) is 0 Å². The van der Waals surface area contributed by atoms with E-state index in [0.29, 0.717) is 19.5 Å². The number of carbonyl (C=O) groups excluding carboxylic acids is 2. The molecule has 2 aliphatic heterocycles. The second-order valence-electron chi connectivity index (χ2n) is 6.21. The number of nitrogens with zero attached hydrogens (tertiary/aromatic N) is 2. The van der Waals surface area contributed by atoms with E-state index in [1.807, 2.05) is 29.2 Å². The molecular formula is C17H22N2O3. The number of amides is 2. The van der Waals surface area contributed by atoms with Crippen molar-refractivity contribution in [1.82, 2.24) is 4.90 Å². The predicted molar refractivity (Wildman–Crippen MR) is 83.5 cm³/mol. The third-order valence-corrected chi connectivity index (χ3v) is 4.69. The summed E-state index contributed by atoms with van der Waals surface area (Å²) in [5, 5.41) is 9.34. The monoisotopic (exact) mass is 302 g/mol. The van der Waals surface area contributed by atoms with Gasteiger partial charge in [-0.25, -0.2) is 0 Å². The van der Waals surface area contributed by atoms with E-state index in [1.165, 1.54) is 6.92 Å². The van der Waals surface area contributed by atoms with Crippen molar-refractivity contribution in [3.8, 4) is 0 Å². The summed E-state index contributed by atoms with van der Waals surface area (Å²) in [6, 6.07) is 7.27. The number of carbonyl (C=O) groups is 2. The number of aliphatic hydroxyl groups excluding tert-OH is 1. The smallest absolute Gasteiger partial charge is 0.246 e. The molecule has 2 amide bonds. The zero-order valence-corrected chi connectivity index (χ0v) is 12.9. The predicted octanol–water partition coefficient (Wildman–Crippen LogP) is 1.20. The highest BCUT2D eigenvalue weighted by atomic mass is 16.3. The first-order chi connectivity index (χ1) is 10.6. The Kier molecular flexibility index (Phi) is 4.16. The van der Waals surface area contributed by atoms with Gasteiger partial charge in [-0.05, 0) is 30.4 Å². The molecule has 0 spiro atoms. The van der Waals surface area contributed by atoms with Crippen LogP contribution >= 0.6 is 0 Å². The lowest BCUT2D eigenvalue weighted by Crippen LogP contribution is -2.52. The number of anilines is 1. The molecule has 0 aliphatic carbocycles. The maximum absolute atomic E-state index is 12.9. The van der Waals surface area contributed by atoms with Crippen LogP contribution in [-0.2, 0) is 16.0 Å². The van der Waals surface area contributed by atoms with Crippen LogP contribution in [-0.4, -0.2) is 47.6 Å². The summed E-state index contributed by atoms with van der Waals surface area (Å²) in [4.78, 5) is 28.4. The van der Waals surface area contributed by atoms with E-state index >= 15 is 0 Å². The van der Waals surface area contributed by atoms with Crippen LogP contribution in [0.5, 0.6) is 0 Å². The first-order valence-corrected chi connectivity index (χ1v) is 7.89. The quantitative estimate of drug-likeness (QED) is 0.893. The lowest BCUT2D eigenvalue weighted by Gasteiger charge is -2.35. The lowest BCUT2D eigenvalue weighted by atomic mass is 9.98. The largest absolute Gasteiger partial charge is 0.396 e. The molecule has 5 nitrogen and oxygen atoms in total. The second kappa shape index (κ2) is 6.08. The average Bonchev–Trinajstić information content (AvgIpc) is 2.93. The van der Waals surface area contributed by atoms with Gasteiger partial charge in [-0.15, -0.1) is 0 Å². The van der Waals surface area contributed by atoms with Crippen LogP contribution in [0, 0.1) is 5.92 Å². The highest BCUT2D eigenvalue weighted by Crippen LogP contribution is 2.33. The van der Waals surface area contributed by atoms with Crippen molar-refractivity contribution >= 4 is 17.5 Å². The Balaban J connectivity index is 1.82. The first-order valence-electron chi connectivity index (χ1n) is 7.89. The molecule has 1 N–H and O–H groups in total. The van der Waals surface area contributed by atoms with Gasteiger partial charge in [0.1, 0.15) is 6.04 Å². The van der Waals surface area contributed by atoms with Crippen molar-refractivity contribution in [1.29, 1.82) is 0 Å². The molecule has 2 heterocycles. The standard InChI is InChI=1S/C17H22N2O3/c1-12(21)19-15-7-3-2-6-14(15)9-16(19)17(22)18-8-4-5-13(10-18)11-20/h2-3,6-7,13,16,20H,4-5,8-11H2,1H3/t13?,16-/m0/s1. The molecule has 22 heavy (non-hydrogen) atoms. The molecule has 1 unspecified atom stereocenters. The normalized spacial score (nSPS) is 24.3. The topological polar surface area (TPSA) is 60.9 Å². The number of aliphatic hydroxyl groups is 1. The summed E-state index contributed by atoms with van der Waals surface area (Å²) in [5.74, 6) is 0.0656. The van der Waals surface area contributed by atoms with Crippen molar-refractivity contribution in [3.05, 3.63) is 29.8 Å². The van der Waals surface area contributed by atoms with E-state index in [1.54, 1.807) is 4.90 Å². The molecule has 0 aromatic heterocycles. The molecule has 0 radical (unpaired) electrons. The molecule has 2 aliphatic rings. The summed E-state index contributed by atoms with van der Waals surface area (Å²) in [7, 11) is 0. The zero-order chi connectivity index (χ0) is 15.7. The number of rotatable bonds is 2. The number of fused-ring (bicyclic) bond motifs is 1. The Hall–Kier alpha value is -1.88. The van der Waals surface area contributed by atoms with Crippen LogP contribution in [0.3, 0.4) is 0 Å². The van der Waals surface area contributed by atoms with Gasteiger partial charge in [0.25, 0.3) is 0 Å². The van der Waals surface area contributed by atoms with Crippen LogP contribution in [0.4, 0.5) is 5.69 Å². The maximum atomic E-state index is 12.9. The molecule has 1 aromatic rings. The van der Waals surface area contributed by atoms with Gasteiger partial charge in [0.05, 0.1) is 0 Å². The molecule has 3 rings (SSSR count). The van der Waals surface area contributed by atoms with Gasteiger partial charge in [0.2, 0.25) is 11.8 Å². The minimum Gasteiger partial charge on any atom is -0.396 e. The number of likely N-dealkylation sites (tertiary alicyclic amines) is 1. The minimum atomic E-state index is -0.438. The first kappa shape index (κ1) is 15.0.